The first-order valence-corrected chi connectivity index (χ1v) is 8.29. The predicted molar refractivity (Wildman–Crippen MR) is 93.6 cm³/mol. The largest absolute Gasteiger partial charge is 0.486 e. The minimum atomic E-state index is -0.166. The van der Waals surface area contributed by atoms with Crippen LogP contribution in [-0.4, -0.2) is 23.5 Å². The van der Waals surface area contributed by atoms with Crippen LogP contribution in [-0.2, 0) is 11.2 Å². The fourth-order valence-electron chi connectivity index (χ4n) is 2.38. The Bertz CT molecular complexity index is 750. The van der Waals surface area contributed by atoms with Crippen LogP contribution in [0.3, 0.4) is 0 Å². The molecule has 1 aromatic heterocycles. The number of aromatic nitrogens is 1. The molecule has 2 aromatic rings. The standard InChI is InChI=1S/C17H14BrClN2O2/c18-13-6-12-7-14(23-17(12)15(19)8-13)10-21-16(22)4-3-11-2-1-5-20-9-11/h1-6,8-9,14H,7,10H2,(H,21,22)/b4-3+. The summed E-state index contributed by atoms with van der Waals surface area (Å²) in [5, 5.41) is 3.42. The van der Waals surface area contributed by atoms with Crippen molar-refractivity contribution < 1.29 is 9.53 Å². The summed E-state index contributed by atoms with van der Waals surface area (Å²) in [7, 11) is 0. The first kappa shape index (κ1) is 16.0. The molecule has 1 aliphatic heterocycles. The van der Waals surface area contributed by atoms with Gasteiger partial charge < -0.3 is 10.1 Å². The van der Waals surface area contributed by atoms with Gasteiger partial charge in [-0.2, -0.15) is 0 Å². The number of rotatable bonds is 4. The van der Waals surface area contributed by atoms with E-state index in [-0.39, 0.29) is 12.0 Å². The van der Waals surface area contributed by atoms with Gasteiger partial charge in [-0.25, -0.2) is 0 Å². The molecule has 4 nitrogen and oxygen atoms in total. The van der Waals surface area contributed by atoms with Crippen LogP contribution in [0.25, 0.3) is 6.08 Å². The zero-order valence-electron chi connectivity index (χ0n) is 12.1. The molecule has 1 atom stereocenters. The van der Waals surface area contributed by atoms with Gasteiger partial charge in [-0.15, -0.1) is 0 Å². The molecule has 0 radical (unpaired) electrons. The van der Waals surface area contributed by atoms with Crippen LogP contribution in [0.15, 0.2) is 47.2 Å². The maximum atomic E-state index is 11.9. The van der Waals surface area contributed by atoms with Crippen molar-refractivity contribution >= 4 is 39.5 Å². The molecule has 1 aromatic carbocycles. The van der Waals surface area contributed by atoms with Crippen LogP contribution in [0.2, 0.25) is 5.02 Å². The number of carbonyl (C=O) groups excluding carboxylic acids is 1. The molecule has 0 saturated carbocycles. The second-order valence-electron chi connectivity index (χ2n) is 5.18. The van der Waals surface area contributed by atoms with Crippen molar-refractivity contribution in [2.45, 2.75) is 12.5 Å². The molecule has 23 heavy (non-hydrogen) atoms. The Labute approximate surface area is 147 Å². The molecule has 1 unspecified atom stereocenters. The number of hydrogen-bond acceptors (Lipinski definition) is 3. The van der Waals surface area contributed by atoms with Crippen molar-refractivity contribution in [2.75, 3.05) is 6.54 Å². The first-order chi connectivity index (χ1) is 11.1. The van der Waals surface area contributed by atoms with E-state index < -0.39 is 0 Å². The minimum Gasteiger partial charge on any atom is -0.486 e. The number of benzene rings is 1. The topological polar surface area (TPSA) is 51.2 Å². The Balaban J connectivity index is 1.53. The van der Waals surface area contributed by atoms with E-state index in [0.717, 1.165) is 22.0 Å². The SMILES string of the molecule is O=C(/C=C/c1cccnc1)NCC1Cc2cc(Br)cc(Cl)c2O1. The second-order valence-corrected chi connectivity index (χ2v) is 6.51. The molecule has 6 heteroatoms. The van der Waals surface area contributed by atoms with Gasteiger partial charge in [-0.1, -0.05) is 33.6 Å². The Morgan fingerprint density at radius 1 is 1.52 bits per heavy atom. The summed E-state index contributed by atoms with van der Waals surface area (Å²) >= 11 is 9.58. The molecule has 1 amide bonds. The van der Waals surface area contributed by atoms with Gasteiger partial charge in [0.2, 0.25) is 5.91 Å². The van der Waals surface area contributed by atoms with Gasteiger partial charge in [0.05, 0.1) is 11.6 Å². The third-order valence-corrected chi connectivity index (χ3v) is 4.17. The number of halogens is 2. The van der Waals surface area contributed by atoms with E-state index in [1.165, 1.54) is 6.08 Å². The zero-order chi connectivity index (χ0) is 16.2. The van der Waals surface area contributed by atoms with Crippen molar-refractivity contribution in [1.29, 1.82) is 0 Å². The third kappa shape index (κ3) is 4.12. The van der Waals surface area contributed by atoms with Crippen LogP contribution in [0.4, 0.5) is 0 Å². The minimum absolute atomic E-state index is 0.104. The normalized spacial score (nSPS) is 16.2. The van der Waals surface area contributed by atoms with Gasteiger partial charge >= 0.3 is 0 Å². The molecule has 0 fully saturated rings. The Morgan fingerprint density at radius 3 is 3.17 bits per heavy atom. The average molecular weight is 394 g/mol. The molecule has 0 spiro atoms. The van der Waals surface area contributed by atoms with Crippen molar-refractivity contribution in [1.82, 2.24) is 10.3 Å². The van der Waals surface area contributed by atoms with E-state index in [2.05, 4.69) is 26.2 Å². The van der Waals surface area contributed by atoms with E-state index in [9.17, 15) is 4.79 Å². The lowest BCUT2D eigenvalue weighted by Crippen LogP contribution is -2.33. The molecule has 1 aliphatic rings. The lowest BCUT2D eigenvalue weighted by molar-refractivity contribution is -0.116. The highest BCUT2D eigenvalue weighted by atomic mass is 79.9. The number of ether oxygens (including phenoxy) is 1. The monoisotopic (exact) mass is 392 g/mol. The summed E-state index contributed by atoms with van der Waals surface area (Å²) < 4.78 is 6.73. The number of pyridine rings is 1. The number of nitrogens with one attached hydrogen (secondary N) is 1. The third-order valence-electron chi connectivity index (χ3n) is 3.43. The highest BCUT2D eigenvalue weighted by molar-refractivity contribution is 9.10. The molecular weight excluding hydrogens is 380 g/mol. The van der Waals surface area contributed by atoms with Gasteiger partial charge in [-0.05, 0) is 29.8 Å². The fraction of sp³-hybridized carbons (Fsp3) is 0.176. The van der Waals surface area contributed by atoms with Crippen molar-refractivity contribution in [3.8, 4) is 5.75 Å². The van der Waals surface area contributed by atoms with Crippen LogP contribution in [0.5, 0.6) is 5.75 Å². The van der Waals surface area contributed by atoms with E-state index in [4.69, 9.17) is 16.3 Å². The van der Waals surface area contributed by atoms with Gasteiger partial charge in [-0.3, -0.25) is 9.78 Å². The quantitative estimate of drug-likeness (QED) is 0.807. The van der Waals surface area contributed by atoms with E-state index >= 15 is 0 Å². The molecule has 0 bridgehead atoms. The predicted octanol–water partition coefficient (Wildman–Crippen LogP) is 3.63. The molecule has 118 valence electrons. The Hall–Kier alpha value is -1.85. The van der Waals surface area contributed by atoms with E-state index in [1.807, 2.05) is 18.2 Å². The van der Waals surface area contributed by atoms with Crippen LogP contribution >= 0.6 is 27.5 Å². The Kier molecular flexibility index (Phi) is 4.98. The van der Waals surface area contributed by atoms with Gasteiger partial charge in [0.1, 0.15) is 11.9 Å². The summed E-state index contributed by atoms with van der Waals surface area (Å²) in [6, 6.07) is 7.50. The lowest BCUT2D eigenvalue weighted by atomic mass is 10.1. The number of nitrogens with zero attached hydrogens (tertiary/aromatic N) is 1. The lowest BCUT2D eigenvalue weighted by Gasteiger charge is -2.11. The maximum absolute atomic E-state index is 11.9. The van der Waals surface area contributed by atoms with Crippen LogP contribution in [0.1, 0.15) is 11.1 Å². The van der Waals surface area contributed by atoms with Crippen molar-refractivity contribution in [3.05, 3.63) is 63.4 Å². The zero-order valence-corrected chi connectivity index (χ0v) is 14.5. The molecule has 3 rings (SSSR count). The van der Waals surface area contributed by atoms with Crippen molar-refractivity contribution in [3.63, 3.8) is 0 Å². The van der Waals surface area contributed by atoms with Crippen LogP contribution in [0, 0.1) is 0 Å². The first-order valence-electron chi connectivity index (χ1n) is 7.12. The molecular formula is C17H14BrClN2O2. The van der Waals surface area contributed by atoms with Gasteiger partial charge in [0.25, 0.3) is 0 Å². The number of carbonyl (C=O) groups is 1. The number of amides is 1. The highest BCUT2D eigenvalue weighted by Gasteiger charge is 2.25. The maximum Gasteiger partial charge on any atom is 0.244 e. The summed E-state index contributed by atoms with van der Waals surface area (Å²) in [6.07, 6.45) is 7.22. The second kappa shape index (κ2) is 7.15. The van der Waals surface area contributed by atoms with E-state index in [0.29, 0.717) is 17.3 Å². The highest BCUT2D eigenvalue weighted by Crippen LogP contribution is 2.38. The smallest absolute Gasteiger partial charge is 0.244 e. The summed E-state index contributed by atoms with van der Waals surface area (Å²) in [5.41, 5.74) is 1.93. The Morgan fingerprint density at radius 2 is 2.39 bits per heavy atom. The van der Waals surface area contributed by atoms with Crippen LogP contribution < -0.4 is 10.1 Å². The number of fused-ring (bicyclic) bond motifs is 1. The number of hydrogen-bond donors (Lipinski definition) is 1. The summed E-state index contributed by atoms with van der Waals surface area (Å²) in [5.74, 6) is 0.542. The fourth-order valence-corrected chi connectivity index (χ4v) is 3.31. The average Bonchev–Trinajstić information content (AvgIpc) is 2.95. The van der Waals surface area contributed by atoms with Gasteiger partial charge in [0.15, 0.2) is 0 Å². The van der Waals surface area contributed by atoms with E-state index in [1.54, 1.807) is 24.5 Å². The summed E-state index contributed by atoms with van der Waals surface area (Å²) in [4.78, 5) is 15.9. The molecule has 0 aliphatic carbocycles. The molecule has 1 N–H and O–H groups in total. The molecule has 0 saturated heterocycles. The van der Waals surface area contributed by atoms with Crippen molar-refractivity contribution in [2.24, 2.45) is 0 Å². The molecule has 2 heterocycles. The van der Waals surface area contributed by atoms with Gasteiger partial charge in [0, 0.05) is 34.9 Å². The summed E-state index contributed by atoms with van der Waals surface area (Å²) in [6.45, 7) is 0.429.